The Morgan fingerprint density at radius 1 is 1.24 bits per heavy atom. The van der Waals surface area contributed by atoms with Crippen molar-refractivity contribution in [1.29, 1.82) is 0 Å². The molecule has 21 heavy (non-hydrogen) atoms. The molecule has 0 spiro atoms. The van der Waals surface area contributed by atoms with Gasteiger partial charge in [-0.1, -0.05) is 18.2 Å². The molecule has 2 heterocycles. The molecule has 4 heteroatoms. The Morgan fingerprint density at radius 3 is 2.90 bits per heavy atom. The van der Waals surface area contributed by atoms with Crippen LogP contribution in [0.3, 0.4) is 0 Å². The molecular formula is C17H17N3O. The summed E-state index contributed by atoms with van der Waals surface area (Å²) in [4.78, 5) is 16.0. The van der Waals surface area contributed by atoms with Crippen molar-refractivity contribution in [3.8, 4) is 0 Å². The quantitative estimate of drug-likeness (QED) is 0.797. The molecule has 0 unspecified atom stereocenters. The number of aromatic nitrogens is 2. The van der Waals surface area contributed by atoms with Gasteiger partial charge in [-0.15, -0.1) is 0 Å². The van der Waals surface area contributed by atoms with Crippen molar-refractivity contribution in [2.45, 2.75) is 12.8 Å². The Labute approximate surface area is 123 Å². The largest absolute Gasteiger partial charge is 0.350 e. The molecule has 106 valence electrons. The van der Waals surface area contributed by atoms with Crippen LogP contribution in [-0.2, 0) is 18.3 Å². The fourth-order valence-corrected chi connectivity index (χ4v) is 2.53. The first-order chi connectivity index (χ1) is 10.2. The number of aryl methyl sites for hydroxylation is 2. The van der Waals surface area contributed by atoms with Crippen LogP contribution >= 0.6 is 0 Å². The molecule has 3 aromatic rings. The van der Waals surface area contributed by atoms with Crippen molar-refractivity contribution >= 4 is 22.5 Å². The van der Waals surface area contributed by atoms with Gasteiger partial charge in [0.25, 0.3) is 0 Å². The average molecular weight is 279 g/mol. The van der Waals surface area contributed by atoms with Crippen molar-refractivity contribution in [2.75, 3.05) is 5.32 Å². The zero-order valence-corrected chi connectivity index (χ0v) is 11.9. The highest BCUT2D eigenvalue weighted by atomic mass is 16.1. The molecule has 4 nitrogen and oxygen atoms in total. The number of nitrogens with one attached hydrogen (secondary N) is 1. The highest BCUT2D eigenvalue weighted by molar-refractivity contribution is 5.91. The van der Waals surface area contributed by atoms with Gasteiger partial charge < -0.3 is 9.88 Å². The van der Waals surface area contributed by atoms with Crippen molar-refractivity contribution < 1.29 is 4.79 Å². The lowest BCUT2D eigenvalue weighted by atomic mass is 10.1. The summed E-state index contributed by atoms with van der Waals surface area (Å²) in [6.07, 6.45) is 6.62. The fraction of sp³-hybridized carbons (Fsp3) is 0.176. The number of amides is 1. The number of carbonyl (C=O) groups excluding carboxylic acids is 1. The third-order valence-corrected chi connectivity index (χ3v) is 3.55. The maximum atomic E-state index is 12.0. The summed E-state index contributed by atoms with van der Waals surface area (Å²) in [6, 6.07) is 11.9. The second kappa shape index (κ2) is 5.79. The molecule has 0 atom stereocenters. The lowest BCUT2D eigenvalue weighted by Gasteiger charge is -2.04. The van der Waals surface area contributed by atoms with Gasteiger partial charge in [-0.25, -0.2) is 0 Å². The first kappa shape index (κ1) is 13.4. The molecule has 0 aliphatic rings. The number of anilines is 1. The molecule has 0 bridgehead atoms. The number of pyridine rings is 1. The number of rotatable bonds is 4. The summed E-state index contributed by atoms with van der Waals surface area (Å²) < 4.78 is 2.10. The van der Waals surface area contributed by atoms with E-state index in [1.165, 1.54) is 16.5 Å². The van der Waals surface area contributed by atoms with Gasteiger partial charge in [0.1, 0.15) is 0 Å². The smallest absolute Gasteiger partial charge is 0.224 e. The van der Waals surface area contributed by atoms with Gasteiger partial charge in [0, 0.05) is 36.8 Å². The number of benzene rings is 1. The molecule has 0 aliphatic heterocycles. The van der Waals surface area contributed by atoms with Crippen molar-refractivity contribution in [1.82, 2.24) is 9.55 Å². The third kappa shape index (κ3) is 2.94. The highest BCUT2D eigenvalue weighted by Gasteiger charge is 2.08. The molecule has 0 fully saturated rings. The van der Waals surface area contributed by atoms with E-state index in [1.54, 1.807) is 18.5 Å². The van der Waals surface area contributed by atoms with Gasteiger partial charge in [0.15, 0.2) is 0 Å². The maximum absolute atomic E-state index is 12.0. The highest BCUT2D eigenvalue weighted by Crippen LogP contribution is 2.21. The van der Waals surface area contributed by atoms with Crippen molar-refractivity contribution in [3.05, 3.63) is 60.6 Å². The predicted molar refractivity (Wildman–Crippen MR) is 84.1 cm³/mol. The van der Waals surface area contributed by atoms with Crippen molar-refractivity contribution in [3.63, 3.8) is 0 Å². The molecular weight excluding hydrogens is 262 g/mol. The zero-order valence-electron chi connectivity index (χ0n) is 11.9. The molecule has 1 N–H and O–H groups in total. The van der Waals surface area contributed by atoms with Crippen LogP contribution in [0.1, 0.15) is 12.0 Å². The summed E-state index contributed by atoms with van der Waals surface area (Å²) in [5, 5.41) is 4.08. The van der Waals surface area contributed by atoms with E-state index >= 15 is 0 Å². The summed E-state index contributed by atoms with van der Waals surface area (Å²) in [6.45, 7) is 0. The first-order valence-electron chi connectivity index (χ1n) is 6.97. The number of hydrogen-bond acceptors (Lipinski definition) is 2. The molecule has 1 aromatic carbocycles. The lowest BCUT2D eigenvalue weighted by Crippen LogP contribution is -2.12. The van der Waals surface area contributed by atoms with Gasteiger partial charge in [0.05, 0.1) is 11.9 Å². The summed E-state index contributed by atoms with van der Waals surface area (Å²) in [5.74, 6) is 0.0101. The van der Waals surface area contributed by atoms with E-state index in [0.717, 1.165) is 12.1 Å². The Balaban J connectivity index is 1.68. The number of fused-ring (bicyclic) bond motifs is 1. The van der Waals surface area contributed by atoms with Crippen LogP contribution in [-0.4, -0.2) is 15.5 Å². The molecule has 1 amide bonds. The minimum Gasteiger partial charge on any atom is -0.350 e. The maximum Gasteiger partial charge on any atom is 0.224 e. The first-order valence-corrected chi connectivity index (χ1v) is 6.97. The van der Waals surface area contributed by atoms with E-state index in [2.05, 4.69) is 33.2 Å². The Hall–Kier alpha value is -2.62. The van der Waals surface area contributed by atoms with Crippen LogP contribution in [0, 0.1) is 0 Å². The predicted octanol–water partition coefficient (Wildman–Crippen LogP) is 3.14. The van der Waals surface area contributed by atoms with Crippen LogP contribution in [0.25, 0.3) is 10.9 Å². The molecule has 2 aromatic heterocycles. The van der Waals surface area contributed by atoms with E-state index in [4.69, 9.17) is 0 Å². The molecule has 0 saturated carbocycles. The molecule has 0 saturated heterocycles. The van der Waals surface area contributed by atoms with Gasteiger partial charge in [-0.3, -0.25) is 9.78 Å². The second-order valence-electron chi connectivity index (χ2n) is 5.07. The minimum absolute atomic E-state index is 0.0101. The average Bonchev–Trinajstić information content (AvgIpc) is 2.83. The Bertz CT molecular complexity index is 762. The SMILES string of the molecule is Cn1cc(CCC(=O)Nc2cccnc2)c2ccccc21. The van der Waals surface area contributed by atoms with Crippen molar-refractivity contribution in [2.24, 2.45) is 7.05 Å². The van der Waals surface area contributed by atoms with Gasteiger partial charge in [-0.05, 0) is 30.2 Å². The Kier molecular flexibility index (Phi) is 3.69. The molecule has 0 radical (unpaired) electrons. The van der Waals surface area contributed by atoms with E-state index in [-0.39, 0.29) is 5.91 Å². The van der Waals surface area contributed by atoms with E-state index in [1.807, 2.05) is 25.2 Å². The minimum atomic E-state index is 0.0101. The van der Waals surface area contributed by atoms with Crippen LogP contribution < -0.4 is 5.32 Å². The summed E-state index contributed by atoms with van der Waals surface area (Å²) in [5.41, 5.74) is 3.13. The van der Waals surface area contributed by atoms with Crippen LogP contribution in [0.2, 0.25) is 0 Å². The lowest BCUT2D eigenvalue weighted by molar-refractivity contribution is -0.116. The standard InChI is InChI=1S/C17H17N3O/c1-20-12-13(15-6-2-3-7-16(15)20)8-9-17(21)19-14-5-4-10-18-11-14/h2-7,10-12H,8-9H2,1H3,(H,19,21). The number of para-hydroxylation sites is 1. The number of nitrogens with zero attached hydrogens (tertiary/aromatic N) is 2. The summed E-state index contributed by atoms with van der Waals surface area (Å²) in [7, 11) is 2.03. The van der Waals surface area contributed by atoms with Crippen LogP contribution in [0.4, 0.5) is 5.69 Å². The fourth-order valence-electron chi connectivity index (χ4n) is 2.53. The zero-order chi connectivity index (χ0) is 14.7. The van der Waals surface area contributed by atoms with E-state index < -0.39 is 0 Å². The summed E-state index contributed by atoms with van der Waals surface area (Å²) >= 11 is 0. The van der Waals surface area contributed by atoms with Crippen LogP contribution in [0.15, 0.2) is 55.0 Å². The van der Waals surface area contributed by atoms with E-state index in [0.29, 0.717) is 6.42 Å². The molecule has 3 rings (SSSR count). The van der Waals surface area contributed by atoms with Gasteiger partial charge in [-0.2, -0.15) is 0 Å². The number of carbonyl (C=O) groups is 1. The van der Waals surface area contributed by atoms with Gasteiger partial charge >= 0.3 is 0 Å². The third-order valence-electron chi connectivity index (χ3n) is 3.55. The monoisotopic (exact) mass is 279 g/mol. The van der Waals surface area contributed by atoms with Gasteiger partial charge in [0.2, 0.25) is 5.91 Å². The Morgan fingerprint density at radius 2 is 2.10 bits per heavy atom. The van der Waals surface area contributed by atoms with Crippen LogP contribution in [0.5, 0.6) is 0 Å². The molecule has 0 aliphatic carbocycles. The normalized spacial score (nSPS) is 10.7. The second-order valence-corrected chi connectivity index (χ2v) is 5.07. The van der Waals surface area contributed by atoms with E-state index in [9.17, 15) is 4.79 Å². The topological polar surface area (TPSA) is 46.9 Å². The number of hydrogen-bond donors (Lipinski definition) is 1.